The third-order valence-electron chi connectivity index (χ3n) is 6.52. The van der Waals surface area contributed by atoms with E-state index in [2.05, 4.69) is 43.8 Å². The van der Waals surface area contributed by atoms with Gasteiger partial charge in [-0.15, -0.1) is 5.10 Å². The van der Waals surface area contributed by atoms with Gasteiger partial charge in [-0.05, 0) is 65.3 Å². The van der Waals surface area contributed by atoms with Gasteiger partial charge in [0.05, 0.1) is 20.8 Å². The average Bonchev–Trinajstić information content (AvgIpc) is 3.29. The van der Waals surface area contributed by atoms with Crippen LogP contribution in [0.1, 0.15) is 40.4 Å². The quantitative estimate of drug-likeness (QED) is 0.210. The molecular formula is C28H27FN3O4P. The van der Waals surface area contributed by atoms with Gasteiger partial charge >= 0.3 is 5.97 Å². The Morgan fingerprint density at radius 3 is 2.14 bits per heavy atom. The maximum absolute atomic E-state index is 13.8. The predicted molar refractivity (Wildman–Crippen MR) is 141 cm³/mol. The molecule has 0 spiro atoms. The van der Waals surface area contributed by atoms with Crippen LogP contribution in [0.15, 0.2) is 72.8 Å². The van der Waals surface area contributed by atoms with E-state index in [0.29, 0.717) is 25.1 Å². The number of hydrogen-bond acceptors (Lipinski definition) is 6. The van der Waals surface area contributed by atoms with Crippen LogP contribution in [0.25, 0.3) is 11.1 Å². The van der Waals surface area contributed by atoms with Gasteiger partial charge in [0.2, 0.25) is 5.69 Å². The number of aromatic nitrogens is 3. The van der Waals surface area contributed by atoms with Crippen molar-refractivity contribution in [3.05, 3.63) is 89.6 Å². The molecule has 3 aromatic carbocycles. The molecule has 1 fully saturated rings. The molecule has 1 aromatic heterocycles. The van der Waals surface area contributed by atoms with Gasteiger partial charge in [0.15, 0.2) is 0 Å². The van der Waals surface area contributed by atoms with E-state index < -0.39 is 11.4 Å². The Labute approximate surface area is 216 Å². The minimum absolute atomic E-state index is 0.00514. The van der Waals surface area contributed by atoms with E-state index in [9.17, 15) is 9.18 Å². The summed E-state index contributed by atoms with van der Waals surface area (Å²) < 4.78 is 31.5. The van der Waals surface area contributed by atoms with Crippen LogP contribution >= 0.6 is 9.24 Å². The van der Waals surface area contributed by atoms with Crippen molar-refractivity contribution in [3.63, 3.8) is 0 Å². The summed E-state index contributed by atoms with van der Waals surface area (Å²) in [7, 11) is 5.20. The molecule has 0 bridgehead atoms. The minimum Gasteiger partial charge on any atom is -0.497 e. The zero-order valence-corrected chi connectivity index (χ0v) is 21.7. The lowest BCUT2D eigenvalue weighted by molar-refractivity contribution is 0.0590. The molecule has 37 heavy (non-hydrogen) atoms. The van der Waals surface area contributed by atoms with Gasteiger partial charge in [-0.2, -0.15) is 0 Å². The van der Waals surface area contributed by atoms with E-state index in [4.69, 9.17) is 14.2 Å². The maximum Gasteiger partial charge on any atom is 0.364 e. The SMILES string of the molecule is COC(=O)c1nnn(Cc2ccc(OC)cc2)c1Oc1ccc(-c2ccc(C3CC(F)(P)C3)cc2)cc1. The Kier molecular flexibility index (Phi) is 6.94. The standard InChI is InChI=1S/C28H27FN3O4P/c1-34-23-11-3-18(4-12-23)17-32-26(25(30-31-32)27(33)35-2)36-24-13-9-20(10-14-24)19-5-7-21(8-6-19)22-15-28(29,37)16-22/h3-14,22H,15-17,37H2,1-2H3. The highest BCUT2D eigenvalue weighted by molar-refractivity contribution is 7.18. The van der Waals surface area contributed by atoms with E-state index in [-0.39, 0.29) is 17.5 Å². The first-order valence-electron chi connectivity index (χ1n) is 11.9. The molecular weight excluding hydrogens is 492 g/mol. The second-order valence-electron chi connectivity index (χ2n) is 9.13. The van der Waals surface area contributed by atoms with E-state index in [1.54, 1.807) is 7.11 Å². The van der Waals surface area contributed by atoms with Crippen LogP contribution in [0.2, 0.25) is 0 Å². The predicted octanol–water partition coefficient (Wildman–Crippen LogP) is 6.00. The molecule has 0 N–H and O–H groups in total. The van der Waals surface area contributed by atoms with Crippen LogP contribution in [0.5, 0.6) is 17.4 Å². The number of carbonyl (C=O) groups excluding carboxylic acids is 1. The summed E-state index contributed by atoms with van der Waals surface area (Å²) >= 11 is 0. The molecule has 1 heterocycles. The summed E-state index contributed by atoms with van der Waals surface area (Å²) in [5, 5.41) is 6.98. The first kappa shape index (κ1) is 24.9. The summed E-state index contributed by atoms with van der Waals surface area (Å²) in [5.41, 5.74) is 4.15. The van der Waals surface area contributed by atoms with Gasteiger partial charge in [-0.3, -0.25) is 0 Å². The van der Waals surface area contributed by atoms with Gasteiger partial charge in [0.1, 0.15) is 16.9 Å². The normalized spacial score (nSPS) is 18.6. The van der Waals surface area contributed by atoms with Crippen molar-refractivity contribution in [2.24, 2.45) is 0 Å². The number of benzene rings is 3. The van der Waals surface area contributed by atoms with Gasteiger partial charge in [-0.25, -0.2) is 13.9 Å². The van der Waals surface area contributed by atoms with Crippen molar-refractivity contribution >= 4 is 15.2 Å². The highest BCUT2D eigenvalue weighted by Crippen LogP contribution is 2.51. The second-order valence-corrected chi connectivity index (χ2v) is 10.2. The summed E-state index contributed by atoms with van der Waals surface area (Å²) in [4.78, 5) is 12.3. The van der Waals surface area contributed by atoms with E-state index in [0.717, 1.165) is 28.0 Å². The van der Waals surface area contributed by atoms with Crippen molar-refractivity contribution in [3.8, 4) is 28.5 Å². The van der Waals surface area contributed by atoms with Crippen molar-refractivity contribution in [2.75, 3.05) is 14.2 Å². The smallest absolute Gasteiger partial charge is 0.364 e. The number of ether oxygens (including phenoxy) is 3. The number of nitrogens with zero attached hydrogens (tertiary/aromatic N) is 3. The van der Waals surface area contributed by atoms with Crippen molar-refractivity contribution < 1.29 is 23.4 Å². The topological polar surface area (TPSA) is 75.5 Å². The van der Waals surface area contributed by atoms with Crippen molar-refractivity contribution in [2.45, 2.75) is 30.7 Å². The molecule has 190 valence electrons. The Hall–Kier alpha value is -3.77. The van der Waals surface area contributed by atoms with Crippen LogP contribution in [-0.2, 0) is 11.3 Å². The highest BCUT2D eigenvalue weighted by atomic mass is 31.0. The summed E-state index contributed by atoms with van der Waals surface area (Å²) in [6.45, 7) is 0.342. The molecule has 0 amide bonds. The van der Waals surface area contributed by atoms with Crippen LogP contribution < -0.4 is 9.47 Å². The van der Waals surface area contributed by atoms with Crippen LogP contribution in [0.4, 0.5) is 4.39 Å². The van der Waals surface area contributed by atoms with Crippen molar-refractivity contribution in [1.82, 2.24) is 15.0 Å². The lowest BCUT2D eigenvalue weighted by atomic mass is 9.77. The molecule has 1 aliphatic rings. The monoisotopic (exact) mass is 519 g/mol. The largest absolute Gasteiger partial charge is 0.497 e. The van der Waals surface area contributed by atoms with Gasteiger partial charge in [0.25, 0.3) is 5.88 Å². The first-order valence-corrected chi connectivity index (χ1v) is 12.4. The fraction of sp³-hybridized carbons (Fsp3) is 0.250. The summed E-state index contributed by atoms with van der Waals surface area (Å²) in [6, 6.07) is 23.3. The molecule has 9 heteroatoms. The molecule has 0 aliphatic heterocycles. The Morgan fingerprint density at radius 2 is 1.57 bits per heavy atom. The number of rotatable bonds is 8. The lowest BCUT2D eigenvalue weighted by Crippen LogP contribution is -2.31. The Balaban J connectivity index is 1.33. The number of carbonyl (C=O) groups is 1. The van der Waals surface area contributed by atoms with Crippen LogP contribution in [-0.4, -0.2) is 40.6 Å². The van der Waals surface area contributed by atoms with Gasteiger partial charge < -0.3 is 14.2 Å². The fourth-order valence-electron chi connectivity index (χ4n) is 4.41. The van der Waals surface area contributed by atoms with Crippen molar-refractivity contribution in [1.29, 1.82) is 0 Å². The van der Waals surface area contributed by atoms with Gasteiger partial charge in [0, 0.05) is 0 Å². The highest BCUT2D eigenvalue weighted by Gasteiger charge is 2.41. The lowest BCUT2D eigenvalue weighted by Gasteiger charge is -2.38. The molecule has 1 unspecified atom stereocenters. The van der Waals surface area contributed by atoms with E-state index in [1.807, 2.05) is 48.5 Å². The molecule has 5 rings (SSSR count). The zero-order chi connectivity index (χ0) is 26.0. The van der Waals surface area contributed by atoms with E-state index in [1.165, 1.54) is 11.8 Å². The fourth-order valence-corrected chi connectivity index (χ4v) is 4.98. The number of esters is 1. The average molecular weight is 520 g/mol. The maximum atomic E-state index is 13.8. The third kappa shape index (κ3) is 5.49. The molecule has 1 atom stereocenters. The Bertz CT molecular complexity index is 1380. The molecule has 0 radical (unpaired) electrons. The third-order valence-corrected chi connectivity index (χ3v) is 6.99. The number of alkyl halides is 1. The van der Waals surface area contributed by atoms with E-state index >= 15 is 0 Å². The number of hydrogen-bond donors (Lipinski definition) is 0. The number of halogens is 1. The molecule has 0 saturated heterocycles. The summed E-state index contributed by atoms with van der Waals surface area (Å²) in [5.74, 6) is 1.10. The zero-order valence-electron chi connectivity index (χ0n) is 20.6. The van der Waals surface area contributed by atoms with Crippen LogP contribution in [0, 0.1) is 0 Å². The number of methoxy groups -OCH3 is 2. The second kappa shape index (κ2) is 10.3. The molecule has 7 nitrogen and oxygen atoms in total. The molecule has 1 aliphatic carbocycles. The van der Waals surface area contributed by atoms with Crippen LogP contribution in [0.3, 0.4) is 0 Å². The molecule has 1 saturated carbocycles. The van der Waals surface area contributed by atoms with Gasteiger partial charge in [-0.1, -0.05) is 63.0 Å². The minimum atomic E-state index is -1.12. The molecule has 4 aromatic rings. The first-order chi connectivity index (χ1) is 17.8. The summed E-state index contributed by atoms with van der Waals surface area (Å²) in [6.07, 6.45) is 1.08. The Morgan fingerprint density at radius 1 is 0.973 bits per heavy atom.